The van der Waals surface area contributed by atoms with E-state index in [1.54, 1.807) is 54.6 Å². The molecule has 0 N–H and O–H groups in total. The fraction of sp³-hybridized carbons (Fsp3) is 0.107. The van der Waals surface area contributed by atoms with Gasteiger partial charge in [-0.05, 0) is 35.4 Å². The highest BCUT2D eigenvalue weighted by atomic mass is 32.2. The monoisotopic (exact) mass is 472 g/mol. The van der Waals surface area contributed by atoms with Gasteiger partial charge >= 0.3 is 5.97 Å². The minimum atomic E-state index is -4.06. The Hall–Kier alpha value is -3.74. The molecule has 0 aliphatic carbocycles. The molecule has 0 radical (unpaired) electrons. The zero-order valence-corrected chi connectivity index (χ0v) is 19.2. The fourth-order valence-corrected chi connectivity index (χ4v) is 4.68. The highest BCUT2D eigenvalue weighted by Gasteiger charge is 2.29. The first kappa shape index (κ1) is 23.4. The largest absolute Gasteiger partial charge is 0.454 e. The van der Waals surface area contributed by atoms with Gasteiger partial charge in [-0.2, -0.15) is 8.42 Å². The summed E-state index contributed by atoms with van der Waals surface area (Å²) >= 11 is 0. The van der Waals surface area contributed by atoms with Crippen LogP contribution in [0.2, 0.25) is 0 Å². The maximum atomic E-state index is 13.0. The molecule has 0 aliphatic rings. The van der Waals surface area contributed by atoms with Crippen molar-refractivity contribution in [1.82, 2.24) is 0 Å². The first-order valence-corrected chi connectivity index (χ1v) is 12.3. The zero-order valence-electron chi connectivity index (χ0n) is 18.4. The minimum absolute atomic E-state index is 0.0634. The average Bonchev–Trinajstić information content (AvgIpc) is 2.89. The molecule has 6 heteroatoms. The van der Waals surface area contributed by atoms with Crippen LogP contribution in [-0.2, 0) is 19.0 Å². The predicted octanol–water partition coefficient (Wildman–Crippen LogP) is 6.12. The summed E-state index contributed by atoms with van der Waals surface area (Å²) in [5.74, 6) is -0.493. The van der Waals surface area contributed by atoms with Crippen molar-refractivity contribution < 1.29 is 22.1 Å². The lowest BCUT2D eigenvalue weighted by Crippen LogP contribution is -2.19. The van der Waals surface area contributed by atoms with Crippen molar-refractivity contribution in [2.24, 2.45) is 0 Å². The number of esters is 1. The van der Waals surface area contributed by atoms with Crippen LogP contribution in [0.25, 0.3) is 0 Å². The maximum Gasteiger partial charge on any atom is 0.338 e. The van der Waals surface area contributed by atoms with Gasteiger partial charge in [0.2, 0.25) is 0 Å². The van der Waals surface area contributed by atoms with Crippen molar-refractivity contribution in [3.63, 3.8) is 0 Å². The molecule has 0 aliphatic heterocycles. The van der Waals surface area contributed by atoms with E-state index in [-0.39, 0.29) is 11.3 Å². The summed E-state index contributed by atoms with van der Waals surface area (Å²) in [7, 11) is -4.06. The van der Waals surface area contributed by atoms with Crippen molar-refractivity contribution in [3.8, 4) is 0 Å². The first-order valence-electron chi connectivity index (χ1n) is 10.9. The van der Waals surface area contributed by atoms with Crippen molar-refractivity contribution >= 4 is 16.1 Å². The maximum absolute atomic E-state index is 13.0. The van der Waals surface area contributed by atoms with Gasteiger partial charge in [-0.1, -0.05) is 97.1 Å². The Morgan fingerprint density at radius 1 is 0.618 bits per heavy atom. The van der Waals surface area contributed by atoms with E-state index in [9.17, 15) is 13.2 Å². The lowest BCUT2D eigenvalue weighted by Gasteiger charge is -2.24. The molecule has 0 heterocycles. The second-order valence-electron chi connectivity index (χ2n) is 7.67. The fourth-order valence-electron chi connectivity index (χ4n) is 3.58. The molecule has 0 fully saturated rings. The Morgan fingerprint density at radius 3 is 1.59 bits per heavy atom. The molecule has 0 bridgehead atoms. The third-order valence-corrected chi connectivity index (χ3v) is 6.64. The predicted molar refractivity (Wildman–Crippen MR) is 130 cm³/mol. The third kappa shape index (κ3) is 5.98. The Bertz CT molecular complexity index is 1290. The highest BCUT2D eigenvalue weighted by molar-refractivity contribution is 7.86. The molecule has 4 rings (SSSR count). The van der Waals surface area contributed by atoms with Gasteiger partial charge in [-0.15, -0.1) is 0 Å². The van der Waals surface area contributed by atoms with Gasteiger partial charge in [0.1, 0.15) is 12.2 Å². The number of carbonyl (C=O) groups excluding carboxylic acids is 1. The second kappa shape index (κ2) is 10.9. The molecule has 0 aromatic heterocycles. The van der Waals surface area contributed by atoms with E-state index in [1.807, 2.05) is 54.6 Å². The molecule has 0 saturated carbocycles. The van der Waals surface area contributed by atoms with Gasteiger partial charge < -0.3 is 4.74 Å². The van der Waals surface area contributed by atoms with Crippen LogP contribution in [0.4, 0.5) is 0 Å². The molecule has 0 spiro atoms. The standard InChI is InChI=1S/C28H24O5S/c29-28(24-17-9-3-10-18-24)32-26(22-13-5-1-6-14-22)21-27(23-15-7-2-8-16-23)33-34(30,31)25-19-11-4-12-20-25/h1-20,26-27H,21H2. The van der Waals surface area contributed by atoms with E-state index in [4.69, 9.17) is 8.92 Å². The van der Waals surface area contributed by atoms with Crippen LogP contribution in [-0.4, -0.2) is 14.4 Å². The van der Waals surface area contributed by atoms with E-state index in [1.165, 1.54) is 12.1 Å². The van der Waals surface area contributed by atoms with Crippen LogP contribution in [0.15, 0.2) is 126 Å². The van der Waals surface area contributed by atoms with Gasteiger partial charge in [-0.25, -0.2) is 4.79 Å². The number of hydrogen-bond acceptors (Lipinski definition) is 5. The van der Waals surface area contributed by atoms with E-state index in [2.05, 4.69) is 0 Å². The van der Waals surface area contributed by atoms with Gasteiger partial charge in [0, 0.05) is 6.42 Å². The number of hydrogen-bond donors (Lipinski definition) is 0. The van der Waals surface area contributed by atoms with E-state index in [0.29, 0.717) is 11.1 Å². The Labute approximate surface area is 199 Å². The quantitative estimate of drug-likeness (QED) is 0.217. The van der Waals surface area contributed by atoms with Gasteiger partial charge in [0.15, 0.2) is 0 Å². The van der Waals surface area contributed by atoms with Crippen LogP contribution in [0, 0.1) is 0 Å². The smallest absolute Gasteiger partial charge is 0.338 e. The van der Waals surface area contributed by atoms with Crippen molar-refractivity contribution in [2.75, 3.05) is 0 Å². The Morgan fingerprint density at radius 2 is 1.06 bits per heavy atom. The Balaban J connectivity index is 1.66. The van der Waals surface area contributed by atoms with Crippen LogP contribution in [0.3, 0.4) is 0 Å². The molecule has 0 saturated heterocycles. The number of ether oxygens (including phenoxy) is 1. The van der Waals surface area contributed by atoms with Crippen molar-refractivity contribution in [2.45, 2.75) is 23.5 Å². The van der Waals surface area contributed by atoms with Crippen molar-refractivity contribution in [3.05, 3.63) is 138 Å². The summed E-state index contributed by atoms with van der Waals surface area (Å²) in [4.78, 5) is 12.9. The van der Waals surface area contributed by atoms with E-state index in [0.717, 1.165) is 5.56 Å². The highest BCUT2D eigenvalue weighted by Crippen LogP contribution is 2.35. The minimum Gasteiger partial charge on any atom is -0.454 e. The lowest BCUT2D eigenvalue weighted by molar-refractivity contribution is 0.0173. The van der Waals surface area contributed by atoms with Crippen LogP contribution >= 0.6 is 0 Å². The van der Waals surface area contributed by atoms with Gasteiger partial charge in [-0.3, -0.25) is 4.18 Å². The molecular weight excluding hydrogens is 448 g/mol. The molecule has 34 heavy (non-hydrogen) atoms. The average molecular weight is 473 g/mol. The summed E-state index contributed by atoms with van der Waals surface area (Å²) < 4.78 is 37.7. The van der Waals surface area contributed by atoms with Gasteiger partial charge in [0.05, 0.1) is 10.5 Å². The SMILES string of the molecule is O=C(OC(CC(OS(=O)(=O)c1ccccc1)c1ccccc1)c1ccccc1)c1ccccc1. The van der Waals surface area contributed by atoms with Gasteiger partial charge in [0.25, 0.3) is 10.1 Å². The normalized spacial score (nSPS) is 13.1. The number of carbonyl (C=O) groups is 1. The van der Waals surface area contributed by atoms with Crippen LogP contribution in [0.1, 0.15) is 40.1 Å². The summed E-state index contributed by atoms with van der Waals surface area (Å²) in [6.07, 6.45) is -1.50. The molecule has 5 nitrogen and oxygen atoms in total. The lowest BCUT2D eigenvalue weighted by atomic mass is 9.98. The zero-order chi connectivity index (χ0) is 23.8. The number of rotatable bonds is 9. The first-order chi connectivity index (χ1) is 16.5. The molecule has 2 unspecified atom stereocenters. The molecule has 2 atom stereocenters. The summed E-state index contributed by atoms with van der Waals surface area (Å²) in [5.41, 5.74) is 1.82. The summed E-state index contributed by atoms with van der Waals surface area (Å²) in [5, 5.41) is 0. The second-order valence-corrected chi connectivity index (χ2v) is 9.24. The van der Waals surface area contributed by atoms with Crippen molar-refractivity contribution in [1.29, 1.82) is 0 Å². The molecule has 4 aromatic carbocycles. The summed E-state index contributed by atoms with van der Waals surface area (Å²) in [6, 6.07) is 35.0. The third-order valence-electron chi connectivity index (χ3n) is 5.30. The molecular formula is C28H24O5S. The summed E-state index contributed by atoms with van der Waals surface area (Å²) in [6.45, 7) is 0. The molecule has 4 aromatic rings. The van der Waals surface area contributed by atoms with E-state index >= 15 is 0 Å². The number of benzene rings is 4. The molecule has 0 amide bonds. The topological polar surface area (TPSA) is 69.7 Å². The molecule has 172 valence electrons. The Kier molecular flexibility index (Phi) is 7.52. The van der Waals surface area contributed by atoms with E-state index < -0.39 is 28.3 Å². The van der Waals surface area contributed by atoms with Crippen LogP contribution in [0.5, 0.6) is 0 Å². The van der Waals surface area contributed by atoms with Crippen LogP contribution < -0.4 is 0 Å².